The summed E-state index contributed by atoms with van der Waals surface area (Å²) in [5.41, 5.74) is 2.60. The molecule has 2 aromatic carbocycles. The third-order valence-electron chi connectivity index (χ3n) is 5.26. The first-order chi connectivity index (χ1) is 15.9. The van der Waals surface area contributed by atoms with Gasteiger partial charge in [0.15, 0.2) is 4.80 Å². The summed E-state index contributed by atoms with van der Waals surface area (Å²) in [6, 6.07) is 15.5. The largest absolute Gasteiger partial charge is 0.465 e. The molecule has 0 radical (unpaired) electrons. The molecule has 0 spiro atoms. The SMILES string of the molecule is CCOC(=O)C1=C(C)N=c2s/c(=C/c3ccc(C(=O)OC)cc3)c(=O)n2[C@H]1c1ccccc1. The molecule has 0 saturated carbocycles. The number of fused-ring (bicyclic) bond motifs is 1. The number of rotatable bonds is 5. The van der Waals surface area contributed by atoms with E-state index in [4.69, 9.17) is 9.47 Å². The van der Waals surface area contributed by atoms with Crippen molar-refractivity contribution in [3.8, 4) is 0 Å². The van der Waals surface area contributed by atoms with Crippen LogP contribution in [0.25, 0.3) is 6.08 Å². The average Bonchev–Trinajstić information content (AvgIpc) is 3.13. The van der Waals surface area contributed by atoms with E-state index in [0.29, 0.717) is 26.2 Å². The van der Waals surface area contributed by atoms with Crippen LogP contribution in [0.5, 0.6) is 0 Å². The van der Waals surface area contributed by atoms with Crippen LogP contribution >= 0.6 is 11.3 Å². The van der Waals surface area contributed by atoms with Crippen LogP contribution in [0.2, 0.25) is 0 Å². The second-order valence-electron chi connectivity index (χ2n) is 7.33. The van der Waals surface area contributed by atoms with E-state index in [1.165, 1.54) is 18.4 Å². The molecule has 1 aromatic heterocycles. The Morgan fingerprint density at radius 2 is 1.79 bits per heavy atom. The number of ether oxygens (including phenoxy) is 2. The molecule has 0 fully saturated rings. The topological polar surface area (TPSA) is 87.0 Å². The Kier molecular flexibility index (Phi) is 6.37. The van der Waals surface area contributed by atoms with E-state index in [1.807, 2.05) is 30.3 Å². The van der Waals surface area contributed by atoms with Crippen molar-refractivity contribution in [2.24, 2.45) is 4.99 Å². The Bertz CT molecular complexity index is 1420. The maximum atomic E-state index is 13.5. The van der Waals surface area contributed by atoms with Crippen molar-refractivity contribution < 1.29 is 19.1 Å². The van der Waals surface area contributed by atoms with Crippen LogP contribution in [-0.2, 0) is 14.3 Å². The highest BCUT2D eigenvalue weighted by Gasteiger charge is 2.33. The van der Waals surface area contributed by atoms with Gasteiger partial charge in [-0.1, -0.05) is 53.8 Å². The van der Waals surface area contributed by atoms with Crippen LogP contribution in [0.3, 0.4) is 0 Å². The highest BCUT2D eigenvalue weighted by atomic mass is 32.1. The lowest BCUT2D eigenvalue weighted by molar-refractivity contribution is -0.139. The molecule has 0 unspecified atom stereocenters. The Labute approximate surface area is 193 Å². The molecule has 0 amide bonds. The Morgan fingerprint density at radius 1 is 1.09 bits per heavy atom. The molecule has 0 saturated heterocycles. The first-order valence-electron chi connectivity index (χ1n) is 10.4. The minimum Gasteiger partial charge on any atom is -0.465 e. The summed E-state index contributed by atoms with van der Waals surface area (Å²) >= 11 is 1.25. The maximum absolute atomic E-state index is 13.5. The smallest absolute Gasteiger partial charge is 0.338 e. The van der Waals surface area contributed by atoms with Gasteiger partial charge in [0.25, 0.3) is 5.56 Å². The molecule has 0 bridgehead atoms. The third kappa shape index (κ3) is 4.29. The lowest BCUT2D eigenvalue weighted by Gasteiger charge is -2.24. The minimum absolute atomic E-state index is 0.225. The number of benzene rings is 2. The normalized spacial score (nSPS) is 15.6. The van der Waals surface area contributed by atoms with Crippen molar-refractivity contribution in [2.45, 2.75) is 19.9 Å². The fraction of sp³-hybridized carbons (Fsp3) is 0.200. The molecule has 0 N–H and O–H groups in total. The molecule has 4 rings (SSSR count). The zero-order valence-corrected chi connectivity index (χ0v) is 19.2. The molecule has 168 valence electrons. The Morgan fingerprint density at radius 3 is 2.42 bits per heavy atom. The summed E-state index contributed by atoms with van der Waals surface area (Å²) in [4.78, 5) is 43.0. The zero-order valence-electron chi connectivity index (χ0n) is 18.4. The molecule has 1 aliphatic heterocycles. The predicted octanol–water partition coefficient (Wildman–Crippen LogP) is 2.58. The molecule has 2 heterocycles. The number of aromatic nitrogens is 1. The number of hydrogen-bond acceptors (Lipinski definition) is 7. The highest BCUT2D eigenvalue weighted by molar-refractivity contribution is 7.07. The number of esters is 2. The number of carbonyl (C=O) groups is 2. The van der Waals surface area contributed by atoms with Gasteiger partial charge in [0.2, 0.25) is 0 Å². The minimum atomic E-state index is -0.634. The molecule has 3 aromatic rings. The van der Waals surface area contributed by atoms with Crippen molar-refractivity contribution in [1.82, 2.24) is 4.57 Å². The predicted molar refractivity (Wildman–Crippen MR) is 125 cm³/mol. The Balaban J connectivity index is 1.87. The van der Waals surface area contributed by atoms with Crippen LogP contribution in [0.15, 0.2) is 75.7 Å². The van der Waals surface area contributed by atoms with Crippen LogP contribution in [-0.4, -0.2) is 30.2 Å². The third-order valence-corrected chi connectivity index (χ3v) is 6.24. The number of thiazole rings is 1. The van der Waals surface area contributed by atoms with E-state index in [0.717, 1.165) is 11.1 Å². The molecule has 1 aliphatic rings. The van der Waals surface area contributed by atoms with E-state index in [2.05, 4.69) is 4.99 Å². The van der Waals surface area contributed by atoms with Gasteiger partial charge in [-0.05, 0) is 43.2 Å². The van der Waals surface area contributed by atoms with Gasteiger partial charge >= 0.3 is 11.9 Å². The molecule has 7 nitrogen and oxygen atoms in total. The van der Waals surface area contributed by atoms with E-state index in [-0.39, 0.29) is 12.2 Å². The maximum Gasteiger partial charge on any atom is 0.338 e. The summed E-state index contributed by atoms with van der Waals surface area (Å²) in [6.45, 7) is 3.72. The van der Waals surface area contributed by atoms with Crippen LogP contribution in [0.1, 0.15) is 41.4 Å². The van der Waals surface area contributed by atoms with Crippen molar-refractivity contribution in [2.75, 3.05) is 13.7 Å². The van der Waals surface area contributed by atoms with Crippen molar-refractivity contribution in [1.29, 1.82) is 0 Å². The van der Waals surface area contributed by atoms with E-state index in [1.54, 1.807) is 48.8 Å². The monoisotopic (exact) mass is 462 g/mol. The molecule has 33 heavy (non-hydrogen) atoms. The number of allylic oxidation sites excluding steroid dienone is 1. The standard InChI is InChI=1S/C25H22N2O5S/c1-4-32-24(30)20-15(2)26-25-27(21(20)17-8-6-5-7-9-17)22(28)19(33-25)14-16-10-12-18(13-11-16)23(29)31-3/h5-14,21H,4H2,1-3H3/b19-14+/t21-/m0/s1. The van der Waals surface area contributed by atoms with Gasteiger partial charge in [-0.2, -0.15) is 0 Å². The van der Waals surface area contributed by atoms with Crippen LogP contribution < -0.4 is 14.9 Å². The molecule has 1 atom stereocenters. The number of nitrogens with zero attached hydrogens (tertiary/aromatic N) is 2. The van der Waals surface area contributed by atoms with E-state index >= 15 is 0 Å². The zero-order chi connectivity index (χ0) is 23.5. The summed E-state index contributed by atoms with van der Waals surface area (Å²) < 4.78 is 12.0. The lowest BCUT2D eigenvalue weighted by Crippen LogP contribution is -2.39. The van der Waals surface area contributed by atoms with Gasteiger partial charge in [-0.3, -0.25) is 9.36 Å². The summed E-state index contributed by atoms with van der Waals surface area (Å²) in [6.07, 6.45) is 1.75. The van der Waals surface area contributed by atoms with Gasteiger partial charge in [0.1, 0.15) is 0 Å². The van der Waals surface area contributed by atoms with Crippen molar-refractivity contribution in [3.05, 3.63) is 102 Å². The highest BCUT2D eigenvalue weighted by Crippen LogP contribution is 2.30. The fourth-order valence-electron chi connectivity index (χ4n) is 3.73. The Hall–Kier alpha value is -3.78. The molecular formula is C25H22N2O5S. The van der Waals surface area contributed by atoms with Gasteiger partial charge < -0.3 is 9.47 Å². The van der Waals surface area contributed by atoms with Gasteiger partial charge in [0.05, 0.1) is 41.1 Å². The number of hydrogen-bond donors (Lipinski definition) is 0. The molecule has 8 heteroatoms. The van der Waals surface area contributed by atoms with Gasteiger partial charge in [0, 0.05) is 0 Å². The first-order valence-corrected chi connectivity index (χ1v) is 11.2. The first kappa shape index (κ1) is 22.4. The summed E-state index contributed by atoms with van der Waals surface area (Å²) in [7, 11) is 1.33. The van der Waals surface area contributed by atoms with E-state index < -0.39 is 18.0 Å². The van der Waals surface area contributed by atoms with Crippen molar-refractivity contribution in [3.63, 3.8) is 0 Å². The summed E-state index contributed by atoms with van der Waals surface area (Å²) in [5, 5.41) is 0. The average molecular weight is 463 g/mol. The van der Waals surface area contributed by atoms with Crippen molar-refractivity contribution >= 4 is 29.4 Å². The lowest BCUT2D eigenvalue weighted by atomic mass is 9.96. The quantitative estimate of drug-likeness (QED) is 0.544. The second kappa shape index (κ2) is 9.38. The van der Waals surface area contributed by atoms with Crippen LogP contribution in [0.4, 0.5) is 0 Å². The van der Waals surface area contributed by atoms with Gasteiger partial charge in [-0.25, -0.2) is 14.6 Å². The fourth-order valence-corrected chi connectivity index (χ4v) is 4.77. The summed E-state index contributed by atoms with van der Waals surface area (Å²) in [5.74, 6) is -0.911. The van der Waals surface area contributed by atoms with Gasteiger partial charge in [-0.15, -0.1) is 0 Å². The second-order valence-corrected chi connectivity index (χ2v) is 8.34. The van der Waals surface area contributed by atoms with E-state index in [9.17, 15) is 14.4 Å². The number of methoxy groups -OCH3 is 1. The molecule has 0 aliphatic carbocycles. The molecular weight excluding hydrogens is 440 g/mol. The van der Waals surface area contributed by atoms with Crippen LogP contribution in [0, 0.1) is 0 Å². The number of carbonyl (C=O) groups excluding carboxylic acids is 2.